The van der Waals surface area contributed by atoms with Crippen molar-refractivity contribution in [2.24, 2.45) is 25.0 Å². The normalized spacial score (nSPS) is 14.0. The molecule has 1 saturated heterocycles. The molecule has 0 bridgehead atoms. The Bertz CT molecular complexity index is 1490. The van der Waals surface area contributed by atoms with Crippen LogP contribution >= 0.6 is 0 Å². The summed E-state index contributed by atoms with van der Waals surface area (Å²) in [6, 6.07) is 1.45. The van der Waals surface area contributed by atoms with E-state index in [0.717, 1.165) is 4.57 Å². The van der Waals surface area contributed by atoms with Gasteiger partial charge in [0.15, 0.2) is 11.6 Å². The molecule has 2 N–H and O–H groups in total. The average molecular weight is 532 g/mol. The number of anilines is 3. The third-order valence-electron chi connectivity index (χ3n) is 5.76. The fourth-order valence-electron chi connectivity index (χ4n) is 3.63. The molecule has 13 nitrogen and oxygen atoms in total. The number of rotatable bonds is 7. The summed E-state index contributed by atoms with van der Waals surface area (Å²) >= 11 is 0. The summed E-state index contributed by atoms with van der Waals surface area (Å²) < 4.78 is 40.2. The van der Waals surface area contributed by atoms with Gasteiger partial charge in [-0.2, -0.15) is 13.2 Å². The molecular weight excluding hydrogens is 509 g/mol. The summed E-state index contributed by atoms with van der Waals surface area (Å²) in [5.74, 6) is -1.35. The molecule has 3 aromatic heterocycles. The lowest BCUT2D eigenvalue weighted by Crippen LogP contribution is -2.54. The van der Waals surface area contributed by atoms with Gasteiger partial charge < -0.3 is 15.5 Å². The van der Waals surface area contributed by atoms with Crippen LogP contribution in [0.15, 0.2) is 39.2 Å². The van der Waals surface area contributed by atoms with Crippen LogP contribution in [0.5, 0.6) is 0 Å². The highest BCUT2D eigenvalue weighted by Crippen LogP contribution is 2.35. The van der Waals surface area contributed by atoms with Crippen molar-refractivity contribution in [3.8, 4) is 11.4 Å². The maximum absolute atomic E-state index is 12.7. The first-order valence-electron chi connectivity index (χ1n) is 11.3. The molecule has 0 aromatic carbocycles. The second-order valence-electron chi connectivity index (χ2n) is 8.37. The standard InChI is InChI=1S/C22H23F3N10O3/c1-4-26-18-16(19(37)34(3)21(38)33(18)2)28-9-15(36)31-14-5-6-27-17(32-14)12-7-29-20(30-8-12)35-10-13(11-35)22(23,24)25/h4-8,13,28H,9-11H2,1-3H3,(H,27,31,32,36)/b26-4-. The number of aromatic nitrogens is 6. The molecule has 0 unspecified atom stereocenters. The van der Waals surface area contributed by atoms with Gasteiger partial charge in [0.2, 0.25) is 11.9 Å². The Labute approximate surface area is 213 Å². The van der Waals surface area contributed by atoms with Gasteiger partial charge in [-0.15, -0.1) is 0 Å². The molecular formula is C22H23F3N10O3. The van der Waals surface area contributed by atoms with Gasteiger partial charge in [-0.1, -0.05) is 0 Å². The van der Waals surface area contributed by atoms with Crippen molar-refractivity contribution in [1.29, 1.82) is 0 Å². The zero-order valence-corrected chi connectivity index (χ0v) is 20.5. The van der Waals surface area contributed by atoms with Gasteiger partial charge in [0.05, 0.1) is 18.0 Å². The number of carbonyl (C=O) groups is 1. The van der Waals surface area contributed by atoms with Crippen molar-refractivity contribution in [2.75, 3.05) is 35.2 Å². The van der Waals surface area contributed by atoms with Crippen LogP contribution in [0.1, 0.15) is 6.92 Å². The van der Waals surface area contributed by atoms with E-state index >= 15 is 0 Å². The average Bonchev–Trinajstić information content (AvgIpc) is 2.84. The Morgan fingerprint density at radius 1 is 1.16 bits per heavy atom. The summed E-state index contributed by atoms with van der Waals surface area (Å²) in [7, 11) is 2.77. The first kappa shape index (κ1) is 26.4. The molecule has 38 heavy (non-hydrogen) atoms. The van der Waals surface area contributed by atoms with Crippen LogP contribution in [0, 0.1) is 5.92 Å². The first-order chi connectivity index (χ1) is 18.0. The lowest BCUT2D eigenvalue weighted by Gasteiger charge is -2.39. The molecule has 1 amide bonds. The predicted molar refractivity (Wildman–Crippen MR) is 133 cm³/mol. The van der Waals surface area contributed by atoms with Gasteiger partial charge in [-0.25, -0.2) is 29.7 Å². The van der Waals surface area contributed by atoms with Gasteiger partial charge in [-0.05, 0) is 13.0 Å². The maximum Gasteiger partial charge on any atom is 0.395 e. The van der Waals surface area contributed by atoms with Crippen LogP contribution in [-0.4, -0.2) is 67.0 Å². The number of hydrogen-bond donors (Lipinski definition) is 2. The van der Waals surface area contributed by atoms with E-state index in [2.05, 4.69) is 35.6 Å². The first-order valence-corrected chi connectivity index (χ1v) is 11.3. The number of halogens is 3. The highest BCUT2D eigenvalue weighted by Gasteiger charge is 2.47. The van der Waals surface area contributed by atoms with Crippen LogP contribution in [0.25, 0.3) is 11.4 Å². The van der Waals surface area contributed by atoms with Crippen molar-refractivity contribution in [3.63, 3.8) is 0 Å². The molecule has 16 heteroatoms. The van der Waals surface area contributed by atoms with Gasteiger partial charge in [0.25, 0.3) is 5.56 Å². The van der Waals surface area contributed by atoms with E-state index in [4.69, 9.17) is 0 Å². The largest absolute Gasteiger partial charge is 0.395 e. The molecule has 200 valence electrons. The van der Waals surface area contributed by atoms with E-state index in [1.807, 2.05) is 0 Å². The van der Waals surface area contributed by atoms with E-state index in [0.29, 0.717) is 5.56 Å². The number of carbonyl (C=O) groups excluding carboxylic acids is 1. The summed E-state index contributed by atoms with van der Waals surface area (Å²) in [4.78, 5) is 59.3. The number of nitrogens with one attached hydrogen (secondary N) is 2. The minimum absolute atomic E-state index is 0.0211. The van der Waals surface area contributed by atoms with Crippen molar-refractivity contribution >= 4 is 35.4 Å². The molecule has 0 saturated carbocycles. The molecule has 0 aliphatic carbocycles. The van der Waals surface area contributed by atoms with Crippen molar-refractivity contribution in [3.05, 3.63) is 45.5 Å². The Morgan fingerprint density at radius 2 is 1.84 bits per heavy atom. The Morgan fingerprint density at radius 3 is 2.47 bits per heavy atom. The number of amides is 1. The zero-order valence-electron chi connectivity index (χ0n) is 20.5. The van der Waals surface area contributed by atoms with E-state index < -0.39 is 29.3 Å². The van der Waals surface area contributed by atoms with Crippen LogP contribution in [-0.2, 0) is 18.9 Å². The Balaban J connectivity index is 1.42. The maximum atomic E-state index is 12.7. The minimum atomic E-state index is -4.25. The smallest absolute Gasteiger partial charge is 0.369 e. The zero-order chi connectivity index (χ0) is 27.6. The molecule has 3 aromatic rings. The molecule has 1 aliphatic rings. The second kappa shape index (κ2) is 10.4. The summed E-state index contributed by atoms with van der Waals surface area (Å²) in [6.45, 7) is 0.892. The third-order valence-corrected chi connectivity index (χ3v) is 5.76. The fraction of sp³-hybridized carbons (Fsp3) is 0.364. The van der Waals surface area contributed by atoms with E-state index in [9.17, 15) is 27.6 Å². The minimum Gasteiger partial charge on any atom is -0.369 e. The van der Waals surface area contributed by atoms with Gasteiger partial charge in [0, 0.05) is 52.0 Å². The van der Waals surface area contributed by atoms with Crippen LogP contribution in [0.3, 0.4) is 0 Å². The summed E-state index contributed by atoms with van der Waals surface area (Å²) in [5, 5.41) is 5.30. The number of aliphatic imine (C=N–C) groups is 1. The van der Waals surface area contributed by atoms with E-state index in [-0.39, 0.29) is 48.7 Å². The molecule has 0 atom stereocenters. The Hall–Kier alpha value is -4.63. The predicted octanol–water partition coefficient (Wildman–Crippen LogP) is 1.10. The SMILES string of the molecule is C/C=N\c1c(NCC(=O)Nc2ccnc(-c3cnc(N4CC(C(F)(F)F)C4)nc3)n2)c(=O)n(C)c(=O)n1C. The quantitative estimate of drug-likeness (QED) is 0.426. The molecule has 4 rings (SSSR count). The number of hydrogen-bond acceptors (Lipinski definition) is 10. The Kier molecular flexibility index (Phi) is 7.23. The lowest BCUT2D eigenvalue weighted by molar-refractivity contribution is -0.180. The second-order valence-corrected chi connectivity index (χ2v) is 8.37. The summed E-state index contributed by atoms with van der Waals surface area (Å²) in [5.41, 5.74) is -0.827. The van der Waals surface area contributed by atoms with Crippen LogP contribution in [0.2, 0.25) is 0 Å². The van der Waals surface area contributed by atoms with Crippen molar-refractivity contribution < 1.29 is 18.0 Å². The molecule has 1 aliphatic heterocycles. The van der Waals surface area contributed by atoms with Gasteiger partial charge in [0.1, 0.15) is 11.5 Å². The van der Waals surface area contributed by atoms with E-state index in [1.165, 1.54) is 54.4 Å². The number of nitrogens with zero attached hydrogens (tertiary/aromatic N) is 8. The highest BCUT2D eigenvalue weighted by atomic mass is 19.4. The monoisotopic (exact) mass is 532 g/mol. The molecule has 1 fully saturated rings. The van der Waals surface area contributed by atoms with E-state index in [1.54, 1.807) is 6.92 Å². The van der Waals surface area contributed by atoms with Crippen LogP contribution < -0.4 is 26.8 Å². The molecule has 0 radical (unpaired) electrons. The lowest BCUT2D eigenvalue weighted by atomic mass is 10.0. The fourth-order valence-corrected chi connectivity index (χ4v) is 3.63. The highest BCUT2D eigenvalue weighted by molar-refractivity contribution is 5.93. The van der Waals surface area contributed by atoms with Gasteiger partial charge >= 0.3 is 11.9 Å². The topological polar surface area (TPSA) is 152 Å². The number of alkyl halides is 3. The van der Waals surface area contributed by atoms with Crippen LogP contribution in [0.4, 0.5) is 36.4 Å². The third kappa shape index (κ3) is 5.37. The van der Waals surface area contributed by atoms with Crippen molar-refractivity contribution in [2.45, 2.75) is 13.1 Å². The summed E-state index contributed by atoms with van der Waals surface area (Å²) in [6.07, 6.45) is 1.35. The van der Waals surface area contributed by atoms with Gasteiger partial charge in [-0.3, -0.25) is 18.7 Å². The van der Waals surface area contributed by atoms with Crippen molar-refractivity contribution in [1.82, 2.24) is 29.1 Å². The molecule has 4 heterocycles. The molecule has 0 spiro atoms.